The van der Waals surface area contributed by atoms with Gasteiger partial charge in [0.25, 0.3) is 5.91 Å². The van der Waals surface area contributed by atoms with E-state index in [1.54, 1.807) is 24.3 Å². The van der Waals surface area contributed by atoms with E-state index >= 15 is 0 Å². The molecule has 3 rings (SSSR count). The molecule has 0 fully saturated rings. The second-order valence-electron chi connectivity index (χ2n) is 5.85. The van der Waals surface area contributed by atoms with Crippen LogP contribution in [0, 0.1) is 0 Å². The van der Waals surface area contributed by atoms with E-state index in [1.807, 2.05) is 30.3 Å². The number of rotatable bonds is 6. The lowest BCUT2D eigenvalue weighted by Gasteiger charge is -2.14. The highest BCUT2D eigenvalue weighted by Gasteiger charge is 2.19. The molecule has 0 saturated heterocycles. The van der Waals surface area contributed by atoms with Crippen LogP contribution in [0.5, 0.6) is 11.5 Å². The molecule has 0 saturated carbocycles. The Morgan fingerprint density at radius 3 is 2.29 bits per heavy atom. The minimum atomic E-state index is -0.983. The monoisotopic (exact) mass is 396 g/mol. The Morgan fingerprint density at radius 2 is 1.64 bits per heavy atom. The van der Waals surface area contributed by atoms with E-state index in [2.05, 4.69) is 10.3 Å². The summed E-state index contributed by atoms with van der Waals surface area (Å²) in [6.07, 6.45) is 0.309. The Hall–Kier alpha value is -3.38. The van der Waals surface area contributed by atoms with Crippen molar-refractivity contribution in [2.45, 2.75) is 13.0 Å². The molecule has 28 heavy (non-hydrogen) atoms. The van der Waals surface area contributed by atoms with Crippen molar-refractivity contribution in [1.29, 1.82) is 0 Å². The van der Waals surface area contributed by atoms with Crippen LogP contribution in [0.1, 0.15) is 17.3 Å². The number of hydrogen-bond acceptors (Lipinski definition) is 5. The molecule has 1 N–H and O–H groups in total. The Labute approximate surface area is 167 Å². The molecule has 3 aromatic rings. The van der Waals surface area contributed by atoms with E-state index in [0.717, 1.165) is 5.75 Å². The van der Waals surface area contributed by atoms with E-state index in [9.17, 15) is 9.59 Å². The van der Waals surface area contributed by atoms with E-state index in [0.29, 0.717) is 11.4 Å². The van der Waals surface area contributed by atoms with Gasteiger partial charge in [0.15, 0.2) is 6.10 Å². The normalized spacial score (nSPS) is 11.4. The zero-order valence-corrected chi connectivity index (χ0v) is 15.7. The molecule has 0 aliphatic rings. The molecule has 1 heterocycles. The predicted molar refractivity (Wildman–Crippen MR) is 106 cm³/mol. The summed E-state index contributed by atoms with van der Waals surface area (Å²) < 4.78 is 10.9. The van der Waals surface area contributed by atoms with Gasteiger partial charge in [-0.2, -0.15) is 0 Å². The van der Waals surface area contributed by atoms with Gasteiger partial charge in [-0.3, -0.25) is 4.79 Å². The molecular weight excluding hydrogens is 380 g/mol. The van der Waals surface area contributed by atoms with Crippen LogP contribution in [0.15, 0.2) is 72.9 Å². The number of pyridine rings is 1. The summed E-state index contributed by atoms with van der Waals surface area (Å²) in [6, 6.07) is 19.2. The topological polar surface area (TPSA) is 77.5 Å². The van der Waals surface area contributed by atoms with E-state index in [4.69, 9.17) is 21.1 Å². The third-order valence-corrected chi connectivity index (χ3v) is 3.94. The number of benzene rings is 2. The van der Waals surface area contributed by atoms with Gasteiger partial charge in [0, 0.05) is 11.9 Å². The fourth-order valence-corrected chi connectivity index (χ4v) is 2.37. The van der Waals surface area contributed by atoms with Crippen LogP contribution in [0.4, 0.5) is 5.69 Å². The molecule has 1 amide bonds. The van der Waals surface area contributed by atoms with Crippen molar-refractivity contribution in [2.24, 2.45) is 0 Å². The van der Waals surface area contributed by atoms with Crippen molar-refractivity contribution in [3.63, 3.8) is 0 Å². The number of hydrogen-bond donors (Lipinski definition) is 1. The molecule has 6 nitrogen and oxygen atoms in total. The number of halogens is 1. The Morgan fingerprint density at radius 1 is 0.964 bits per heavy atom. The summed E-state index contributed by atoms with van der Waals surface area (Å²) in [7, 11) is 0. The molecule has 0 unspecified atom stereocenters. The summed E-state index contributed by atoms with van der Waals surface area (Å²) in [6.45, 7) is 1.49. The van der Waals surface area contributed by atoms with Gasteiger partial charge in [0.2, 0.25) is 0 Å². The second kappa shape index (κ2) is 9.01. The number of nitrogens with zero attached hydrogens (tertiary/aromatic N) is 1. The Balaban J connectivity index is 1.54. The maximum absolute atomic E-state index is 12.3. The fourth-order valence-electron chi connectivity index (χ4n) is 2.25. The van der Waals surface area contributed by atoms with E-state index in [1.165, 1.54) is 25.3 Å². The van der Waals surface area contributed by atoms with Crippen molar-refractivity contribution in [3.05, 3.63) is 83.6 Å². The van der Waals surface area contributed by atoms with Crippen molar-refractivity contribution in [2.75, 3.05) is 5.32 Å². The number of amides is 1. The molecule has 0 spiro atoms. The summed E-state index contributed by atoms with van der Waals surface area (Å²) in [5.74, 6) is 0.251. The lowest BCUT2D eigenvalue weighted by molar-refractivity contribution is -0.123. The van der Waals surface area contributed by atoms with Crippen molar-refractivity contribution >= 4 is 29.2 Å². The van der Waals surface area contributed by atoms with Crippen LogP contribution in [-0.2, 0) is 9.53 Å². The maximum atomic E-state index is 12.3. The summed E-state index contributed by atoms with van der Waals surface area (Å²) in [5.41, 5.74) is 0.771. The highest BCUT2D eigenvalue weighted by atomic mass is 35.5. The van der Waals surface area contributed by atoms with Gasteiger partial charge in [-0.25, -0.2) is 9.78 Å². The van der Waals surface area contributed by atoms with Crippen LogP contribution in [0.3, 0.4) is 0 Å². The number of ether oxygens (including phenoxy) is 2. The van der Waals surface area contributed by atoms with E-state index < -0.39 is 18.0 Å². The van der Waals surface area contributed by atoms with Crippen molar-refractivity contribution < 1.29 is 19.1 Å². The van der Waals surface area contributed by atoms with E-state index in [-0.39, 0.29) is 10.7 Å². The number of para-hydroxylation sites is 1. The van der Waals surface area contributed by atoms with Crippen LogP contribution >= 0.6 is 11.6 Å². The largest absolute Gasteiger partial charge is 0.457 e. The zero-order chi connectivity index (χ0) is 19.9. The van der Waals surface area contributed by atoms with Gasteiger partial charge in [0.1, 0.15) is 16.7 Å². The minimum absolute atomic E-state index is 0.214. The van der Waals surface area contributed by atoms with Gasteiger partial charge in [-0.05, 0) is 55.5 Å². The van der Waals surface area contributed by atoms with Crippen LogP contribution < -0.4 is 10.1 Å². The highest BCUT2D eigenvalue weighted by molar-refractivity contribution is 6.29. The van der Waals surface area contributed by atoms with Crippen LogP contribution in [0.2, 0.25) is 5.15 Å². The number of nitrogens with one attached hydrogen (secondary N) is 1. The first-order valence-electron chi connectivity index (χ1n) is 8.47. The molecule has 0 bridgehead atoms. The smallest absolute Gasteiger partial charge is 0.340 e. The van der Waals surface area contributed by atoms with Crippen molar-refractivity contribution in [3.8, 4) is 11.5 Å². The zero-order valence-electron chi connectivity index (χ0n) is 15.0. The number of carbonyl (C=O) groups excluding carboxylic acids is 2. The standard InChI is InChI=1S/C21H17ClN2O4/c1-14(27-21(26)15-7-12-19(22)23-13-15)20(25)24-16-8-10-18(11-9-16)28-17-5-3-2-4-6-17/h2-14H,1H3,(H,24,25)/t14-/m0/s1. The third-order valence-electron chi connectivity index (χ3n) is 3.72. The second-order valence-corrected chi connectivity index (χ2v) is 6.23. The van der Waals surface area contributed by atoms with Crippen molar-refractivity contribution in [1.82, 2.24) is 4.98 Å². The number of esters is 1. The first-order valence-corrected chi connectivity index (χ1v) is 8.85. The molecule has 2 aromatic carbocycles. The predicted octanol–water partition coefficient (Wildman–Crippen LogP) is 4.71. The Bertz CT molecular complexity index is 944. The van der Waals surface area contributed by atoms with Gasteiger partial charge in [-0.1, -0.05) is 29.8 Å². The Kier molecular flexibility index (Phi) is 6.24. The van der Waals surface area contributed by atoms with Gasteiger partial charge in [-0.15, -0.1) is 0 Å². The quantitative estimate of drug-likeness (QED) is 0.482. The first kappa shape index (κ1) is 19.4. The lowest BCUT2D eigenvalue weighted by Crippen LogP contribution is -2.30. The average molecular weight is 397 g/mol. The average Bonchev–Trinajstić information content (AvgIpc) is 2.70. The minimum Gasteiger partial charge on any atom is -0.457 e. The number of anilines is 1. The summed E-state index contributed by atoms with van der Waals surface area (Å²) in [5, 5.41) is 2.96. The van der Waals surface area contributed by atoms with Crippen LogP contribution in [-0.4, -0.2) is 23.0 Å². The SMILES string of the molecule is C[C@H](OC(=O)c1ccc(Cl)nc1)C(=O)Nc1ccc(Oc2ccccc2)cc1. The first-order chi connectivity index (χ1) is 13.5. The number of aromatic nitrogens is 1. The van der Waals surface area contributed by atoms with Crippen LogP contribution in [0.25, 0.3) is 0 Å². The number of carbonyl (C=O) groups is 2. The molecule has 7 heteroatoms. The summed E-state index contributed by atoms with van der Waals surface area (Å²) >= 11 is 5.68. The highest BCUT2D eigenvalue weighted by Crippen LogP contribution is 2.22. The van der Waals surface area contributed by atoms with Gasteiger partial charge >= 0.3 is 5.97 Å². The molecular formula is C21H17ClN2O4. The molecule has 142 valence electrons. The molecule has 1 aromatic heterocycles. The molecule has 0 radical (unpaired) electrons. The maximum Gasteiger partial charge on any atom is 0.340 e. The molecule has 0 aliphatic heterocycles. The molecule has 0 aliphatic carbocycles. The lowest BCUT2D eigenvalue weighted by atomic mass is 10.2. The third kappa shape index (κ3) is 5.31. The fraction of sp³-hybridized carbons (Fsp3) is 0.0952. The van der Waals surface area contributed by atoms with Gasteiger partial charge < -0.3 is 14.8 Å². The molecule has 1 atom stereocenters. The van der Waals surface area contributed by atoms with Gasteiger partial charge in [0.05, 0.1) is 5.56 Å². The summed E-state index contributed by atoms with van der Waals surface area (Å²) in [4.78, 5) is 28.1.